The predicted molar refractivity (Wildman–Crippen MR) is 90.3 cm³/mol. The van der Waals surface area contributed by atoms with Crippen molar-refractivity contribution >= 4 is 44.2 Å². The summed E-state index contributed by atoms with van der Waals surface area (Å²) >= 11 is 7.24. The van der Waals surface area contributed by atoms with E-state index >= 15 is 0 Å². The van der Waals surface area contributed by atoms with Gasteiger partial charge in [-0.25, -0.2) is 8.42 Å². The minimum atomic E-state index is -3.63. The maximum atomic E-state index is 12.8. The van der Waals surface area contributed by atoms with Gasteiger partial charge in [0.05, 0.1) is 10.6 Å². The molecule has 2 aromatic carbocycles. The molecule has 1 aromatic heterocycles. The van der Waals surface area contributed by atoms with Crippen LogP contribution in [-0.2, 0) is 9.84 Å². The average Bonchev–Trinajstić information content (AvgIpc) is 2.88. The van der Waals surface area contributed by atoms with E-state index in [0.717, 1.165) is 10.8 Å². The molecule has 0 fully saturated rings. The highest BCUT2D eigenvalue weighted by molar-refractivity contribution is 7.98. The van der Waals surface area contributed by atoms with E-state index in [9.17, 15) is 8.42 Å². The van der Waals surface area contributed by atoms with Crippen molar-refractivity contribution in [1.29, 1.82) is 0 Å². The second kappa shape index (κ2) is 5.61. The summed E-state index contributed by atoms with van der Waals surface area (Å²) in [5.74, 6) is 0. The van der Waals surface area contributed by atoms with Gasteiger partial charge in [-0.1, -0.05) is 23.7 Å². The number of rotatable bonds is 3. The van der Waals surface area contributed by atoms with Crippen LogP contribution in [0.2, 0.25) is 5.02 Å². The number of fused-ring (bicyclic) bond motifs is 1. The Morgan fingerprint density at radius 2 is 1.82 bits per heavy atom. The Kier molecular flexibility index (Phi) is 3.92. The highest BCUT2D eigenvalue weighted by Crippen LogP contribution is 2.28. The number of halogens is 1. The van der Waals surface area contributed by atoms with Gasteiger partial charge in [0.15, 0.2) is 5.03 Å². The van der Waals surface area contributed by atoms with E-state index in [1.807, 2.05) is 6.07 Å². The summed E-state index contributed by atoms with van der Waals surface area (Å²) in [6.07, 6.45) is 1.78. The van der Waals surface area contributed by atoms with Crippen molar-refractivity contribution in [2.24, 2.45) is 0 Å². The third-order valence-corrected chi connectivity index (χ3v) is 5.99. The summed E-state index contributed by atoms with van der Waals surface area (Å²) in [6.45, 7) is 1.77. The van der Waals surface area contributed by atoms with E-state index < -0.39 is 9.84 Å². The van der Waals surface area contributed by atoms with Gasteiger partial charge in [0, 0.05) is 11.3 Å². The lowest BCUT2D eigenvalue weighted by molar-refractivity contribution is 0.590. The second-order valence-corrected chi connectivity index (χ2v) is 7.88. The molecule has 4 nitrogen and oxygen atoms in total. The maximum Gasteiger partial charge on any atom is 0.224 e. The first-order valence-corrected chi connectivity index (χ1v) is 9.51. The summed E-state index contributed by atoms with van der Waals surface area (Å²) < 4.78 is 27.1. The van der Waals surface area contributed by atoms with Crippen LogP contribution in [0.15, 0.2) is 52.4 Å². The molecule has 0 aliphatic rings. The van der Waals surface area contributed by atoms with Gasteiger partial charge in [-0.15, -0.1) is 0 Å². The molecular weight excluding hydrogens is 340 g/mol. The lowest BCUT2D eigenvalue weighted by Gasteiger charge is -2.07. The predicted octanol–water partition coefficient (Wildman–Crippen LogP) is 3.96. The molecule has 0 amide bonds. The van der Waals surface area contributed by atoms with Crippen molar-refractivity contribution in [2.45, 2.75) is 16.8 Å². The smallest absolute Gasteiger partial charge is 0.217 e. The fourth-order valence-corrected chi connectivity index (χ4v) is 4.73. The van der Waals surface area contributed by atoms with Crippen LogP contribution in [0.1, 0.15) is 5.69 Å². The van der Waals surface area contributed by atoms with Crippen LogP contribution >= 0.6 is 23.5 Å². The van der Waals surface area contributed by atoms with Gasteiger partial charge in [-0.05, 0) is 60.0 Å². The van der Waals surface area contributed by atoms with Crippen LogP contribution in [0, 0.1) is 6.92 Å². The molecule has 22 heavy (non-hydrogen) atoms. The van der Waals surface area contributed by atoms with Crippen LogP contribution in [0.4, 0.5) is 0 Å². The topological polar surface area (TPSA) is 52.0 Å². The van der Waals surface area contributed by atoms with E-state index in [0.29, 0.717) is 10.7 Å². The van der Waals surface area contributed by atoms with Crippen molar-refractivity contribution in [3.05, 3.63) is 53.2 Å². The number of hydrogen-bond acceptors (Lipinski definition) is 4. The van der Waals surface area contributed by atoms with Gasteiger partial charge < -0.3 is 0 Å². The number of nitrogens with zero attached hydrogens (tertiary/aromatic N) is 2. The Labute approximate surface area is 138 Å². The number of hydrogen-bond donors (Lipinski definition) is 0. The van der Waals surface area contributed by atoms with Gasteiger partial charge in [0.1, 0.15) is 0 Å². The molecule has 0 atom stereocenters. The second-order valence-electron chi connectivity index (χ2n) is 4.84. The van der Waals surface area contributed by atoms with Crippen LogP contribution in [0.25, 0.3) is 10.8 Å². The number of sulfone groups is 1. The highest BCUT2D eigenvalue weighted by atomic mass is 35.5. The first-order chi connectivity index (χ1) is 10.4. The average molecular weight is 353 g/mol. The molecule has 1 heterocycles. The summed E-state index contributed by atoms with van der Waals surface area (Å²) in [5, 5.41) is 6.67. The Balaban J connectivity index is 2.20. The number of aryl methyl sites for hydroxylation is 1. The zero-order valence-electron chi connectivity index (χ0n) is 11.9. The summed E-state index contributed by atoms with van der Waals surface area (Å²) in [5.41, 5.74) is 0.664. The van der Waals surface area contributed by atoms with Crippen LogP contribution < -0.4 is 0 Å². The Bertz CT molecular complexity index is 965. The minimum absolute atomic E-state index is 0.180. The molecule has 114 valence electrons. The van der Waals surface area contributed by atoms with Gasteiger partial charge in [-0.3, -0.25) is 0 Å². The molecule has 0 unspecified atom stereocenters. The lowest BCUT2D eigenvalue weighted by atomic mass is 10.1. The minimum Gasteiger partial charge on any atom is -0.217 e. The summed E-state index contributed by atoms with van der Waals surface area (Å²) in [7, 11) is -3.63. The molecule has 3 aromatic rings. The molecule has 0 saturated carbocycles. The van der Waals surface area contributed by atoms with Gasteiger partial charge >= 0.3 is 0 Å². The first-order valence-electron chi connectivity index (χ1n) is 6.47. The molecule has 0 aliphatic heterocycles. The summed E-state index contributed by atoms with van der Waals surface area (Å²) in [4.78, 5) is 0.234. The molecule has 3 rings (SSSR count). The fraction of sp³-hybridized carbons (Fsp3) is 0.133. The largest absolute Gasteiger partial charge is 0.224 e. The Hall–Kier alpha value is -1.50. The zero-order valence-corrected chi connectivity index (χ0v) is 14.3. The Morgan fingerprint density at radius 1 is 1.09 bits per heavy atom. The van der Waals surface area contributed by atoms with Crippen LogP contribution in [0.5, 0.6) is 0 Å². The van der Waals surface area contributed by atoms with Gasteiger partial charge in [-0.2, -0.15) is 9.19 Å². The zero-order chi connectivity index (χ0) is 15.9. The van der Waals surface area contributed by atoms with E-state index in [1.165, 1.54) is 16.0 Å². The molecule has 0 aliphatic carbocycles. The van der Waals surface area contributed by atoms with Gasteiger partial charge in [0.2, 0.25) is 9.84 Å². The third kappa shape index (κ3) is 2.62. The van der Waals surface area contributed by atoms with Crippen molar-refractivity contribution < 1.29 is 8.42 Å². The fourth-order valence-electron chi connectivity index (χ4n) is 2.25. The van der Waals surface area contributed by atoms with E-state index in [4.69, 9.17) is 11.6 Å². The normalized spacial score (nSPS) is 12.0. The lowest BCUT2D eigenvalue weighted by Crippen LogP contribution is -2.07. The highest BCUT2D eigenvalue weighted by Gasteiger charge is 2.23. The van der Waals surface area contributed by atoms with Crippen LogP contribution in [0.3, 0.4) is 0 Å². The van der Waals surface area contributed by atoms with Crippen molar-refractivity contribution in [2.75, 3.05) is 6.26 Å². The monoisotopic (exact) mass is 352 g/mol. The van der Waals surface area contributed by atoms with Crippen molar-refractivity contribution in [3.8, 4) is 0 Å². The molecule has 0 spiro atoms. The Morgan fingerprint density at radius 3 is 2.55 bits per heavy atom. The number of aromatic nitrogens is 2. The van der Waals surface area contributed by atoms with Crippen molar-refractivity contribution in [3.63, 3.8) is 0 Å². The van der Waals surface area contributed by atoms with Gasteiger partial charge in [0.25, 0.3) is 0 Å². The third-order valence-electron chi connectivity index (χ3n) is 3.30. The maximum absolute atomic E-state index is 12.8. The number of benzene rings is 2. The van der Waals surface area contributed by atoms with E-state index in [2.05, 4.69) is 5.10 Å². The SMILES string of the molecule is CSn1nc(C)cc1S(=O)(=O)c1ccc2ccc(Cl)cc2c1. The molecule has 0 saturated heterocycles. The standard InChI is InChI=1S/C15H13ClN2O2S2/c1-10-7-15(18(17-10)21-2)22(19,20)14-6-4-11-3-5-13(16)8-12(11)9-14/h3-9H,1-2H3. The van der Waals surface area contributed by atoms with Crippen molar-refractivity contribution in [1.82, 2.24) is 9.19 Å². The van der Waals surface area contributed by atoms with E-state index in [-0.39, 0.29) is 9.92 Å². The summed E-state index contributed by atoms with van der Waals surface area (Å²) in [6, 6.07) is 12.0. The molecular formula is C15H13ClN2O2S2. The quantitative estimate of drug-likeness (QED) is 0.716. The first kappa shape index (κ1) is 15.4. The molecule has 0 radical (unpaired) electrons. The van der Waals surface area contributed by atoms with Crippen LogP contribution in [-0.4, -0.2) is 23.9 Å². The molecule has 0 bridgehead atoms. The van der Waals surface area contributed by atoms with E-state index in [1.54, 1.807) is 49.6 Å². The molecule has 0 N–H and O–H groups in total. The molecule has 7 heteroatoms.